The number of carbonyl (C=O) groups is 1. The standard InChI is InChI=1S/C13H10BrClN2O/c1-8-4-9(14)6-10(5-8)17-13(18)11-2-3-16-7-12(11)15/h2-7H,1H3,(H,17,18). The van der Waals surface area contributed by atoms with E-state index >= 15 is 0 Å². The summed E-state index contributed by atoms with van der Waals surface area (Å²) in [5.41, 5.74) is 2.18. The van der Waals surface area contributed by atoms with Gasteiger partial charge in [0.1, 0.15) is 0 Å². The Morgan fingerprint density at radius 2 is 2.17 bits per heavy atom. The van der Waals surface area contributed by atoms with Crippen LogP contribution in [0.15, 0.2) is 41.1 Å². The summed E-state index contributed by atoms with van der Waals surface area (Å²) >= 11 is 9.30. The van der Waals surface area contributed by atoms with Gasteiger partial charge in [-0.05, 0) is 36.8 Å². The number of nitrogens with zero attached hydrogens (tertiary/aromatic N) is 1. The Hall–Kier alpha value is -1.39. The molecule has 0 aliphatic carbocycles. The van der Waals surface area contributed by atoms with Gasteiger partial charge >= 0.3 is 0 Å². The van der Waals surface area contributed by atoms with Gasteiger partial charge < -0.3 is 5.32 Å². The van der Waals surface area contributed by atoms with Crippen LogP contribution in [0.5, 0.6) is 0 Å². The minimum absolute atomic E-state index is 0.250. The lowest BCUT2D eigenvalue weighted by Gasteiger charge is -2.07. The maximum atomic E-state index is 12.0. The predicted octanol–water partition coefficient (Wildman–Crippen LogP) is 4.06. The summed E-state index contributed by atoms with van der Waals surface area (Å²) in [7, 11) is 0. The van der Waals surface area contributed by atoms with Crippen LogP contribution in [0.3, 0.4) is 0 Å². The van der Waals surface area contributed by atoms with Crippen molar-refractivity contribution >= 4 is 39.1 Å². The molecule has 2 rings (SSSR count). The van der Waals surface area contributed by atoms with E-state index in [0.29, 0.717) is 10.6 Å². The van der Waals surface area contributed by atoms with Crippen LogP contribution in [0, 0.1) is 6.92 Å². The van der Waals surface area contributed by atoms with E-state index in [1.54, 1.807) is 6.07 Å². The van der Waals surface area contributed by atoms with Crippen LogP contribution in [0.4, 0.5) is 5.69 Å². The van der Waals surface area contributed by atoms with Crippen LogP contribution in [0.1, 0.15) is 15.9 Å². The van der Waals surface area contributed by atoms with Gasteiger partial charge in [-0.2, -0.15) is 0 Å². The summed E-state index contributed by atoms with van der Waals surface area (Å²) in [6, 6.07) is 7.27. The highest BCUT2D eigenvalue weighted by Gasteiger charge is 2.10. The van der Waals surface area contributed by atoms with Crippen molar-refractivity contribution in [1.82, 2.24) is 4.98 Å². The van der Waals surface area contributed by atoms with Crippen molar-refractivity contribution in [2.45, 2.75) is 6.92 Å². The van der Waals surface area contributed by atoms with Gasteiger partial charge in [0, 0.05) is 22.6 Å². The zero-order chi connectivity index (χ0) is 13.1. The minimum Gasteiger partial charge on any atom is -0.322 e. The number of aromatic nitrogens is 1. The average Bonchev–Trinajstić information content (AvgIpc) is 2.27. The first-order chi connectivity index (χ1) is 8.56. The third kappa shape index (κ3) is 3.09. The molecule has 0 aliphatic rings. The monoisotopic (exact) mass is 324 g/mol. The molecule has 1 amide bonds. The molecule has 0 unspecified atom stereocenters. The van der Waals surface area contributed by atoms with Crippen molar-refractivity contribution in [3.63, 3.8) is 0 Å². The van der Waals surface area contributed by atoms with Gasteiger partial charge in [0.15, 0.2) is 0 Å². The lowest BCUT2D eigenvalue weighted by Crippen LogP contribution is -2.12. The summed E-state index contributed by atoms with van der Waals surface area (Å²) < 4.78 is 0.915. The molecule has 5 heteroatoms. The van der Waals surface area contributed by atoms with Gasteiger partial charge in [-0.25, -0.2) is 0 Å². The molecule has 0 spiro atoms. The molecule has 1 heterocycles. The van der Waals surface area contributed by atoms with E-state index in [9.17, 15) is 4.79 Å². The molecule has 0 bridgehead atoms. The normalized spacial score (nSPS) is 10.2. The van der Waals surface area contributed by atoms with Crippen molar-refractivity contribution in [3.05, 3.63) is 57.3 Å². The van der Waals surface area contributed by atoms with Crippen molar-refractivity contribution in [1.29, 1.82) is 0 Å². The molecule has 3 nitrogen and oxygen atoms in total. The van der Waals surface area contributed by atoms with Crippen LogP contribution < -0.4 is 5.32 Å². The van der Waals surface area contributed by atoms with Gasteiger partial charge in [-0.1, -0.05) is 27.5 Å². The highest BCUT2D eigenvalue weighted by atomic mass is 79.9. The Bertz CT molecular complexity index is 581. The van der Waals surface area contributed by atoms with Crippen LogP contribution in [0.2, 0.25) is 5.02 Å². The number of hydrogen-bond acceptors (Lipinski definition) is 2. The lowest BCUT2D eigenvalue weighted by molar-refractivity contribution is 0.102. The first-order valence-corrected chi connectivity index (χ1v) is 6.41. The quantitative estimate of drug-likeness (QED) is 0.905. The van der Waals surface area contributed by atoms with Crippen LogP contribution in [-0.4, -0.2) is 10.9 Å². The van der Waals surface area contributed by atoms with Crippen LogP contribution in [0.25, 0.3) is 0 Å². The number of carbonyl (C=O) groups excluding carboxylic acids is 1. The van der Waals surface area contributed by atoms with E-state index in [2.05, 4.69) is 26.2 Å². The lowest BCUT2D eigenvalue weighted by atomic mass is 10.2. The number of rotatable bonds is 2. The highest BCUT2D eigenvalue weighted by molar-refractivity contribution is 9.10. The van der Waals surface area contributed by atoms with Crippen molar-refractivity contribution in [2.24, 2.45) is 0 Å². The second-order valence-electron chi connectivity index (χ2n) is 3.83. The number of anilines is 1. The van der Waals surface area contributed by atoms with Crippen molar-refractivity contribution in [2.75, 3.05) is 5.32 Å². The maximum Gasteiger partial charge on any atom is 0.257 e. The molecule has 1 N–H and O–H groups in total. The fourth-order valence-corrected chi connectivity index (χ4v) is 2.38. The molecule has 0 radical (unpaired) electrons. The Labute approximate surface area is 118 Å². The summed E-state index contributed by atoms with van der Waals surface area (Å²) in [6.07, 6.45) is 2.98. The van der Waals surface area contributed by atoms with E-state index < -0.39 is 0 Å². The maximum absolute atomic E-state index is 12.0. The van der Waals surface area contributed by atoms with Crippen molar-refractivity contribution < 1.29 is 4.79 Å². The number of halogens is 2. The molecule has 0 saturated heterocycles. The molecule has 1 aromatic carbocycles. The van der Waals surface area contributed by atoms with Crippen LogP contribution >= 0.6 is 27.5 Å². The Morgan fingerprint density at radius 3 is 2.83 bits per heavy atom. The Morgan fingerprint density at radius 1 is 1.39 bits per heavy atom. The number of hydrogen-bond donors (Lipinski definition) is 1. The van der Waals surface area contributed by atoms with E-state index in [0.717, 1.165) is 15.7 Å². The van der Waals surface area contributed by atoms with E-state index in [4.69, 9.17) is 11.6 Å². The van der Waals surface area contributed by atoms with E-state index in [1.807, 2.05) is 25.1 Å². The van der Waals surface area contributed by atoms with Gasteiger partial charge in [0.2, 0.25) is 0 Å². The zero-order valence-corrected chi connectivity index (χ0v) is 11.9. The van der Waals surface area contributed by atoms with Crippen LogP contribution in [-0.2, 0) is 0 Å². The molecule has 0 aliphatic heterocycles. The molecular weight excluding hydrogens is 316 g/mol. The Balaban J connectivity index is 2.24. The van der Waals surface area contributed by atoms with E-state index in [1.165, 1.54) is 12.4 Å². The third-order valence-corrected chi connectivity index (χ3v) is 3.08. The second kappa shape index (κ2) is 5.50. The topological polar surface area (TPSA) is 42.0 Å². The van der Waals surface area contributed by atoms with E-state index in [-0.39, 0.29) is 5.91 Å². The molecule has 1 aromatic heterocycles. The molecule has 0 atom stereocenters. The predicted molar refractivity (Wildman–Crippen MR) is 76.1 cm³/mol. The first kappa shape index (κ1) is 13.1. The smallest absolute Gasteiger partial charge is 0.257 e. The molecular formula is C13H10BrClN2O. The molecule has 0 saturated carbocycles. The summed E-state index contributed by atoms with van der Waals surface area (Å²) in [6.45, 7) is 1.96. The Kier molecular flexibility index (Phi) is 3.99. The molecule has 2 aromatic rings. The summed E-state index contributed by atoms with van der Waals surface area (Å²) in [5.74, 6) is -0.250. The van der Waals surface area contributed by atoms with Gasteiger partial charge in [0.05, 0.1) is 10.6 Å². The fourth-order valence-electron chi connectivity index (χ4n) is 1.57. The number of benzene rings is 1. The third-order valence-electron chi connectivity index (χ3n) is 2.32. The summed E-state index contributed by atoms with van der Waals surface area (Å²) in [5, 5.41) is 3.13. The minimum atomic E-state index is -0.250. The van der Waals surface area contributed by atoms with Gasteiger partial charge in [-0.15, -0.1) is 0 Å². The average molecular weight is 326 g/mol. The fraction of sp³-hybridized carbons (Fsp3) is 0.0769. The number of pyridine rings is 1. The number of aryl methyl sites for hydroxylation is 1. The summed E-state index contributed by atoms with van der Waals surface area (Å²) in [4.78, 5) is 15.9. The molecule has 92 valence electrons. The molecule has 0 fully saturated rings. The first-order valence-electron chi connectivity index (χ1n) is 5.24. The SMILES string of the molecule is Cc1cc(Br)cc(NC(=O)c2ccncc2Cl)c1. The second-order valence-corrected chi connectivity index (χ2v) is 5.15. The highest BCUT2D eigenvalue weighted by Crippen LogP contribution is 2.21. The van der Waals surface area contributed by atoms with Gasteiger partial charge in [0.25, 0.3) is 5.91 Å². The molecule has 18 heavy (non-hydrogen) atoms. The van der Waals surface area contributed by atoms with Crippen molar-refractivity contribution in [3.8, 4) is 0 Å². The largest absolute Gasteiger partial charge is 0.322 e. The zero-order valence-electron chi connectivity index (χ0n) is 9.58. The van der Waals surface area contributed by atoms with Gasteiger partial charge in [-0.3, -0.25) is 9.78 Å². The number of amides is 1. The number of nitrogens with one attached hydrogen (secondary N) is 1.